The standard InChI is InChI=1S/3C18H15Si.Sb/c3*1-4-10-16(11-5-1)19(17-12-6-2-7-13-17)18-14-8-3-9-15-18;/h3*1-15H;. The third-order valence-corrected chi connectivity index (χ3v) is 17.8. The van der Waals surface area contributed by atoms with Gasteiger partial charge in [0.1, 0.15) is 0 Å². The van der Waals surface area contributed by atoms with Gasteiger partial charge < -0.3 is 0 Å². The van der Waals surface area contributed by atoms with Gasteiger partial charge in [-0.3, -0.25) is 0 Å². The molecule has 0 aliphatic rings. The van der Waals surface area contributed by atoms with Crippen LogP contribution < -0.4 is 46.7 Å². The van der Waals surface area contributed by atoms with Gasteiger partial charge in [0.05, 0.1) is 0 Å². The number of rotatable bonds is 9. The van der Waals surface area contributed by atoms with E-state index in [2.05, 4.69) is 273 Å². The third kappa shape index (κ3) is 11.8. The van der Waals surface area contributed by atoms with E-state index in [1.54, 1.807) is 0 Å². The molecular weight excluding hydrogens is 855 g/mol. The zero-order valence-electron chi connectivity index (χ0n) is 32.4. The molecule has 0 unspecified atom stereocenters. The minimum absolute atomic E-state index is 0. The van der Waals surface area contributed by atoms with Crippen molar-refractivity contribution < 1.29 is 0 Å². The molecule has 9 aromatic carbocycles. The molecule has 0 heterocycles. The smallest absolute Gasteiger partial charge is 0.0624 e. The van der Waals surface area contributed by atoms with Crippen LogP contribution in [0.25, 0.3) is 0 Å². The van der Waals surface area contributed by atoms with Gasteiger partial charge in [-0.15, -0.1) is 0 Å². The number of hydrogen-bond donors (Lipinski definition) is 0. The Bertz CT molecular complexity index is 1860. The third-order valence-electron chi connectivity index (χ3n) is 9.56. The molecule has 0 fully saturated rings. The van der Waals surface area contributed by atoms with Gasteiger partial charge in [0.2, 0.25) is 0 Å². The van der Waals surface area contributed by atoms with Crippen molar-refractivity contribution >= 4 is 97.5 Å². The molecule has 278 valence electrons. The second kappa shape index (κ2) is 23.0. The molecule has 58 heavy (non-hydrogen) atoms. The Morgan fingerprint density at radius 1 is 0.138 bits per heavy atom. The summed E-state index contributed by atoms with van der Waals surface area (Å²) in [6, 6.07) is 97.5. The van der Waals surface area contributed by atoms with Crippen LogP contribution in [0.15, 0.2) is 273 Å². The maximum atomic E-state index is 2.24. The Morgan fingerprint density at radius 2 is 0.224 bits per heavy atom. The summed E-state index contributed by atoms with van der Waals surface area (Å²) in [7, 11) is -2.63. The van der Waals surface area contributed by atoms with Gasteiger partial charge in [0.25, 0.3) is 0 Å². The molecule has 0 aromatic heterocycles. The van der Waals surface area contributed by atoms with Crippen LogP contribution >= 0.6 is 0 Å². The van der Waals surface area contributed by atoms with E-state index in [1.807, 2.05) is 0 Å². The number of hydrogen-bond acceptors (Lipinski definition) is 0. The predicted octanol–water partition coefficient (Wildman–Crippen LogP) is 6.23. The van der Waals surface area contributed by atoms with Crippen LogP contribution in [0.2, 0.25) is 0 Å². The molecule has 9 rings (SSSR count). The first-order valence-electron chi connectivity index (χ1n) is 19.4. The fourth-order valence-electron chi connectivity index (χ4n) is 6.94. The van der Waals surface area contributed by atoms with Crippen molar-refractivity contribution in [2.24, 2.45) is 0 Å². The van der Waals surface area contributed by atoms with Crippen molar-refractivity contribution in [3.63, 3.8) is 0 Å². The molecule has 0 atom stereocenters. The van der Waals surface area contributed by atoms with Gasteiger partial charge >= 0.3 is 0 Å². The summed E-state index contributed by atoms with van der Waals surface area (Å²) in [6.45, 7) is 0. The Morgan fingerprint density at radius 3 is 0.310 bits per heavy atom. The first kappa shape index (κ1) is 42.1. The summed E-state index contributed by atoms with van der Waals surface area (Å²) in [5.74, 6) is 0. The molecule has 0 bridgehead atoms. The van der Waals surface area contributed by atoms with Gasteiger partial charge in [-0.1, -0.05) is 320 Å². The van der Waals surface area contributed by atoms with Crippen LogP contribution in [0, 0.1) is 0 Å². The van der Waals surface area contributed by atoms with Crippen molar-refractivity contribution in [1.29, 1.82) is 0 Å². The van der Waals surface area contributed by atoms with Crippen LogP contribution in [-0.2, 0) is 0 Å². The summed E-state index contributed by atoms with van der Waals surface area (Å²) in [5.41, 5.74) is 0. The average molecular weight is 900 g/mol. The topological polar surface area (TPSA) is 0 Å². The molecular formula is C54H45SbSi3. The largest absolute Gasteiger partial charge is 0.154 e. The molecule has 0 aliphatic carbocycles. The van der Waals surface area contributed by atoms with Crippen molar-refractivity contribution in [2.75, 3.05) is 0 Å². The molecule has 0 amide bonds. The molecule has 0 saturated carbocycles. The molecule has 4 heteroatoms. The Hall–Kier alpha value is -5.55. The quantitative estimate of drug-likeness (QED) is 0.119. The van der Waals surface area contributed by atoms with Gasteiger partial charge in [0.15, 0.2) is 26.4 Å². The molecule has 0 spiro atoms. The summed E-state index contributed by atoms with van der Waals surface area (Å²) >= 11 is 0. The van der Waals surface area contributed by atoms with E-state index in [4.69, 9.17) is 0 Å². The van der Waals surface area contributed by atoms with Crippen molar-refractivity contribution in [3.8, 4) is 0 Å². The molecule has 0 aliphatic heterocycles. The second-order valence-electron chi connectivity index (χ2n) is 13.4. The van der Waals surface area contributed by atoms with E-state index in [9.17, 15) is 0 Å². The predicted molar refractivity (Wildman–Crippen MR) is 258 cm³/mol. The van der Waals surface area contributed by atoms with Gasteiger partial charge in [-0.05, 0) is 0 Å². The first-order valence-corrected chi connectivity index (χ1v) is 23.9. The average Bonchev–Trinajstić information content (AvgIpc) is 3.30. The molecule has 0 nitrogen and oxygen atoms in total. The van der Waals surface area contributed by atoms with E-state index < -0.39 is 26.4 Å². The van der Waals surface area contributed by atoms with E-state index in [-0.39, 0.29) is 24.4 Å². The van der Waals surface area contributed by atoms with Crippen LogP contribution in [0.4, 0.5) is 0 Å². The van der Waals surface area contributed by atoms with Crippen LogP contribution in [0.3, 0.4) is 0 Å². The van der Waals surface area contributed by atoms with E-state index in [1.165, 1.54) is 46.7 Å². The second-order valence-corrected chi connectivity index (χ2v) is 20.9. The summed E-state index contributed by atoms with van der Waals surface area (Å²) < 4.78 is 0. The van der Waals surface area contributed by atoms with E-state index in [0.29, 0.717) is 0 Å². The minimum Gasteiger partial charge on any atom is -0.0624 e. The first-order chi connectivity index (χ1) is 28.3. The zero-order chi connectivity index (χ0) is 38.7. The van der Waals surface area contributed by atoms with Gasteiger partial charge in [0, 0.05) is 24.4 Å². The van der Waals surface area contributed by atoms with Crippen LogP contribution in [0.1, 0.15) is 0 Å². The van der Waals surface area contributed by atoms with Crippen LogP contribution in [-0.4, -0.2) is 50.8 Å². The van der Waals surface area contributed by atoms with E-state index in [0.717, 1.165) is 0 Å². The SMILES string of the molecule is [Sb].c1ccc([Si](c2ccccc2)c2ccccc2)cc1.c1ccc([Si](c2ccccc2)c2ccccc2)cc1.c1ccc([Si](c2ccccc2)c2ccccc2)cc1. The molecule has 0 saturated heterocycles. The minimum atomic E-state index is -0.877. The number of benzene rings is 9. The Kier molecular flexibility index (Phi) is 16.7. The molecule has 0 N–H and O–H groups in total. The summed E-state index contributed by atoms with van der Waals surface area (Å²) in [5, 5.41) is 12.9. The van der Waals surface area contributed by atoms with Gasteiger partial charge in [-0.2, -0.15) is 0 Å². The molecule has 9 aromatic rings. The maximum absolute atomic E-state index is 2.24. The van der Waals surface area contributed by atoms with E-state index >= 15 is 0 Å². The van der Waals surface area contributed by atoms with Crippen LogP contribution in [0.5, 0.6) is 0 Å². The fraction of sp³-hybridized carbons (Fsp3) is 0. The van der Waals surface area contributed by atoms with Crippen molar-refractivity contribution in [1.82, 2.24) is 0 Å². The monoisotopic (exact) mass is 898 g/mol. The summed E-state index contributed by atoms with van der Waals surface area (Å²) in [6.07, 6.45) is 0. The maximum Gasteiger partial charge on any atom is 0.154 e. The van der Waals surface area contributed by atoms with Crippen molar-refractivity contribution in [2.45, 2.75) is 0 Å². The Balaban J connectivity index is 0.000000145. The molecule has 6 radical (unpaired) electrons. The van der Waals surface area contributed by atoms with Crippen molar-refractivity contribution in [3.05, 3.63) is 273 Å². The fourth-order valence-corrected chi connectivity index (χ4v) is 14.7. The van der Waals surface area contributed by atoms with Gasteiger partial charge in [-0.25, -0.2) is 0 Å². The summed E-state index contributed by atoms with van der Waals surface area (Å²) in [4.78, 5) is 0. The normalized spacial score (nSPS) is 10.4. The Labute approximate surface area is 367 Å². The zero-order valence-corrected chi connectivity index (χ0v) is 38.0.